The molecule has 1 amide bonds. The zero-order valence-electron chi connectivity index (χ0n) is 16.7. The van der Waals surface area contributed by atoms with Crippen LogP contribution in [0.2, 0.25) is 0 Å². The van der Waals surface area contributed by atoms with Gasteiger partial charge in [0.15, 0.2) is 0 Å². The normalized spacial score (nSPS) is 18.2. The van der Waals surface area contributed by atoms with Crippen LogP contribution in [-0.2, 0) is 4.79 Å². The van der Waals surface area contributed by atoms with Gasteiger partial charge in [-0.3, -0.25) is 4.79 Å². The summed E-state index contributed by atoms with van der Waals surface area (Å²) < 4.78 is 74.7. The number of anilines is 1. The number of rotatable bonds is 6. The Bertz CT molecular complexity index is 1150. The van der Waals surface area contributed by atoms with Gasteiger partial charge >= 0.3 is 6.36 Å². The Hall–Kier alpha value is -3.48. The fourth-order valence-corrected chi connectivity index (χ4v) is 4.21. The molecule has 0 saturated carbocycles. The van der Waals surface area contributed by atoms with Gasteiger partial charge in [0.2, 0.25) is 11.0 Å². The summed E-state index contributed by atoms with van der Waals surface area (Å²) in [6.07, 6.45) is -4.80. The maximum absolute atomic E-state index is 14.6. The largest absolute Gasteiger partial charge is 0.573 e. The summed E-state index contributed by atoms with van der Waals surface area (Å²) in [5.74, 6) is -3.41. The predicted molar refractivity (Wildman–Crippen MR) is 108 cm³/mol. The van der Waals surface area contributed by atoms with Crippen molar-refractivity contribution in [2.24, 2.45) is 0 Å². The van der Waals surface area contributed by atoms with Crippen LogP contribution >= 0.6 is 11.3 Å². The number of benzene rings is 2. The molecule has 7 nitrogen and oxygen atoms in total. The Balaban J connectivity index is 1.53. The van der Waals surface area contributed by atoms with E-state index < -0.39 is 35.9 Å². The minimum absolute atomic E-state index is 0.00297. The SMILES string of the molecule is COc1cc(F)c([C@@H]2CNC(=O)[C@H]2Nc2nnc(-c3ccc(OC(F)(F)F)cc3)s2)c(F)c1. The van der Waals surface area contributed by atoms with Crippen molar-refractivity contribution in [1.29, 1.82) is 0 Å². The first-order chi connectivity index (χ1) is 15.6. The number of hydrogen-bond donors (Lipinski definition) is 2. The van der Waals surface area contributed by atoms with Crippen molar-refractivity contribution in [3.8, 4) is 22.1 Å². The Morgan fingerprint density at radius 2 is 1.76 bits per heavy atom. The number of hydrogen-bond acceptors (Lipinski definition) is 7. The second kappa shape index (κ2) is 8.81. The van der Waals surface area contributed by atoms with E-state index in [-0.39, 0.29) is 28.7 Å². The Kier molecular flexibility index (Phi) is 6.06. The number of ether oxygens (including phenoxy) is 2. The lowest BCUT2D eigenvalue weighted by molar-refractivity contribution is -0.274. The summed E-state index contributed by atoms with van der Waals surface area (Å²) >= 11 is 1.02. The molecule has 0 spiro atoms. The molecule has 1 saturated heterocycles. The monoisotopic (exact) mass is 486 g/mol. The Morgan fingerprint density at radius 3 is 2.36 bits per heavy atom. The van der Waals surface area contributed by atoms with Gasteiger partial charge in [-0.2, -0.15) is 0 Å². The van der Waals surface area contributed by atoms with Crippen LogP contribution < -0.4 is 20.1 Å². The van der Waals surface area contributed by atoms with Gasteiger partial charge in [0.05, 0.1) is 7.11 Å². The van der Waals surface area contributed by atoms with E-state index in [0.29, 0.717) is 10.6 Å². The summed E-state index contributed by atoms with van der Waals surface area (Å²) in [5.41, 5.74) is 0.200. The first-order valence-electron chi connectivity index (χ1n) is 9.41. The maximum Gasteiger partial charge on any atom is 0.573 e. The van der Waals surface area contributed by atoms with Gasteiger partial charge in [0, 0.05) is 35.7 Å². The number of methoxy groups -OCH3 is 1. The quantitative estimate of drug-likeness (QED) is 0.511. The topological polar surface area (TPSA) is 85.4 Å². The third-order valence-electron chi connectivity index (χ3n) is 4.88. The van der Waals surface area contributed by atoms with Crippen LogP contribution in [0.4, 0.5) is 27.1 Å². The molecule has 2 N–H and O–H groups in total. The van der Waals surface area contributed by atoms with Crippen LogP contribution in [0.5, 0.6) is 11.5 Å². The number of carbonyl (C=O) groups excluding carboxylic acids is 1. The molecule has 2 heterocycles. The average Bonchev–Trinajstić information content (AvgIpc) is 3.35. The molecular weight excluding hydrogens is 471 g/mol. The van der Waals surface area contributed by atoms with Gasteiger partial charge in [-0.1, -0.05) is 11.3 Å². The Labute approximate surface area is 187 Å². The van der Waals surface area contributed by atoms with Gasteiger partial charge in [-0.05, 0) is 24.3 Å². The molecule has 1 aliphatic rings. The lowest BCUT2D eigenvalue weighted by Crippen LogP contribution is -2.33. The molecule has 1 aromatic heterocycles. The summed E-state index contributed by atoms with van der Waals surface area (Å²) in [5, 5.41) is 13.9. The van der Waals surface area contributed by atoms with E-state index in [0.717, 1.165) is 35.6 Å². The molecule has 2 aromatic carbocycles. The minimum atomic E-state index is -4.80. The highest BCUT2D eigenvalue weighted by Gasteiger charge is 2.39. The number of alkyl halides is 3. The fourth-order valence-electron chi connectivity index (χ4n) is 3.42. The van der Waals surface area contributed by atoms with Crippen LogP contribution in [-0.4, -0.2) is 42.2 Å². The van der Waals surface area contributed by atoms with E-state index in [4.69, 9.17) is 4.74 Å². The van der Waals surface area contributed by atoms with Crippen molar-refractivity contribution in [3.05, 3.63) is 53.6 Å². The molecule has 1 aliphatic heterocycles. The van der Waals surface area contributed by atoms with E-state index in [1.807, 2.05) is 0 Å². The second-order valence-corrected chi connectivity index (χ2v) is 7.94. The van der Waals surface area contributed by atoms with Gasteiger partial charge in [-0.15, -0.1) is 23.4 Å². The molecule has 33 heavy (non-hydrogen) atoms. The van der Waals surface area contributed by atoms with E-state index in [9.17, 15) is 26.7 Å². The van der Waals surface area contributed by atoms with Crippen LogP contribution in [0.15, 0.2) is 36.4 Å². The second-order valence-electron chi connectivity index (χ2n) is 6.96. The fraction of sp³-hybridized carbons (Fsp3) is 0.250. The molecule has 0 radical (unpaired) electrons. The molecule has 0 aliphatic carbocycles. The first-order valence-corrected chi connectivity index (χ1v) is 10.2. The molecule has 0 unspecified atom stereocenters. The molecule has 13 heteroatoms. The summed E-state index contributed by atoms with van der Waals surface area (Å²) in [6, 6.07) is 6.06. The van der Waals surface area contributed by atoms with Crippen LogP contribution in [0.3, 0.4) is 0 Å². The van der Waals surface area contributed by atoms with Crippen molar-refractivity contribution in [2.75, 3.05) is 19.0 Å². The molecule has 174 valence electrons. The minimum Gasteiger partial charge on any atom is -0.497 e. The van der Waals surface area contributed by atoms with Crippen molar-refractivity contribution < 1.29 is 36.2 Å². The lowest BCUT2D eigenvalue weighted by Gasteiger charge is -2.19. The van der Waals surface area contributed by atoms with Gasteiger partial charge in [0.1, 0.15) is 34.2 Å². The van der Waals surface area contributed by atoms with Gasteiger partial charge in [-0.25, -0.2) is 8.78 Å². The van der Waals surface area contributed by atoms with E-state index in [1.165, 1.54) is 19.2 Å². The summed E-state index contributed by atoms with van der Waals surface area (Å²) in [7, 11) is 1.28. The number of carbonyl (C=O) groups is 1. The highest BCUT2D eigenvalue weighted by atomic mass is 32.1. The molecule has 0 bridgehead atoms. The number of nitrogens with one attached hydrogen (secondary N) is 2. The third kappa shape index (κ3) is 4.97. The average molecular weight is 486 g/mol. The van der Waals surface area contributed by atoms with E-state index >= 15 is 0 Å². The Morgan fingerprint density at radius 1 is 1.09 bits per heavy atom. The van der Waals surface area contributed by atoms with Crippen molar-refractivity contribution in [2.45, 2.75) is 18.3 Å². The highest BCUT2D eigenvalue weighted by Crippen LogP contribution is 2.35. The smallest absolute Gasteiger partial charge is 0.497 e. The highest BCUT2D eigenvalue weighted by molar-refractivity contribution is 7.18. The number of amides is 1. The first kappa shape index (κ1) is 22.7. The molecule has 1 fully saturated rings. The number of halogens is 5. The van der Waals surface area contributed by atoms with Crippen molar-refractivity contribution in [1.82, 2.24) is 15.5 Å². The van der Waals surface area contributed by atoms with Crippen LogP contribution in [0.1, 0.15) is 11.5 Å². The standard InChI is InChI=1S/C20H15F5N4O3S/c1-31-11-6-13(21)15(14(22)7-11)12-8-26-17(30)16(12)27-19-29-28-18(33-19)9-2-4-10(5-3-9)32-20(23,24)25/h2-7,12,16H,8H2,1H3,(H,26,30)(H,27,29)/t12-,16-/m0/s1. The lowest BCUT2D eigenvalue weighted by atomic mass is 9.93. The third-order valence-corrected chi connectivity index (χ3v) is 5.78. The zero-order chi connectivity index (χ0) is 23.8. The molecule has 3 aromatic rings. The van der Waals surface area contributed by atoms with E-state index in [1.54, 1.807) is 0 Å². The van der Waals surface area contributed by atoms with Gasteiger partial charge < -0.3 is 20.1 Å². The number of nitrogens with zero attached hydrogens (tertiary/aromatic N) is 2. The van der Waals surface area contributed by atoms with Crippen LogP contribution in [0.25, 0.3) is 10.6 Å². The molecular formula is C20H15F5N4O3S. The number of aromatic nitrogens is 2. The van der Waals surface area contributed by atoms with Crippen LogP contribution in [0, 0.1) is 11.6 Å². The van der Waals surface area contributed by atoms with Gasteiger partial charge in [0.25, 0.3) is 0 Å². The summed E-state index contributed by atoms with van der Waals surface area (Å²) in [4.78, 5) is 12.3. The zero-order valence-corrected chi connectivity index (χ0v) is 17.6. The van der Waals surface area contributed by atoms with Crippen molar-refractivity contribution in [3.63, 3.8) is 0 Å². The van der Waals surface area contributed by atoms with E-state index in [2.05, 4.69) is 25.6 Å². The maximum atomic E-state index is 14.6. The molecule has 2 atom stereocenters. The summed E-state index contributed by atoms with van der Waals surface area (Å²) in [6.45, 7) is 0.00297. The van der Waals surface area contributed by atoms with Crippen molar-refractivity contribution >= 4 is 22.4 Å². The predicted octanol–water partition coefficient (Wildman–Crippen LogP) is 4.08. The molecule has 4 rings (SSSR count).